The molecule has 9 heteroatoms. The average molecular weight is 374 g/mol. The molecule has 0 atom stereocenters. The molecule has 0 unspecified atom stereocenters. The summed E-state index contributed by atoms with van der Waals surface area (Å²) >= 11 is 0. The highest BCUT2D eigenvalue weighted by Gasteiger charge is 2.32. The van der Waals surface area contributed by atoms with Gasteiger partial charge in [0.25, 0.3) is 5.91 Å². The molecule has 3 N–H and O–H groups in total. The van der Waals surface area contributed by atoms with Crippen LogP contribution in [0.25, 0.3) is 11.3 Å². The van der Waals surface area contributed by atoms with Crippen molar-refractivity contribution >= 4 is 17.4 Å². The zero-order valence-corrected chi connectivity index (χ0v) is 13.7. The minimum absolute atomic E-state index is 0.0518. The van der Waals surface area contributed by atoms with Crippen molar-refractivity contribution in [1.82, 2.24) is 9.97 Å². The van der Waals surface area contributed by atoms with E-state index in [4.69, 9.17) is 5.73 Å². The fourth-order valence-electron chi connectivity index (χ4n) is 2.25. The van der Waals surface area contributed by atoms with Crippen molar-refractivity contribution in [3.63, 3.8) is 0 Å². The number of amides is 1. The van der Waals surface area contributed by atoms with E-state index in [1.54, 1.807) is 0 Å². The number of nitrogens with zero attached hydrogens (tertiary/aromatic N) is 2. The molecule has 0 bridgehead atoms. The van der Waals surface area contributed by atoms with Gasteiger partial charge in [-0.05, 0) is 18.2 Å². The van der Waals surface area contributed by atoms with Crippen LogP contribution in [0.5, 0.6) is 5.75 Å². The Morgan fingerprint density at radius 1 is 1.04 bits per heavy atom. The highest BCUT2D eigenvalue weighted by Crippen LogP contribution is 2.29. The van der Waals surface area contributed by atoms with Crippen molar-refractivity contribution < 1.29 is 22.7 Å². The highest BCUT2D eigenvalue weighted by molar-refractivity contribution is 6.04. The quantitative estimate of drug-likeness (QED) is 0.677. The van der Waals surface area contributed by atoms with Crippen molar-refractivity contribution in [2.24, 2.45) is 0 Å². The summed E-state index contributed by atoms with van der Waals surface area (Å²) < 4.78 is 40.5. The van der Waals surface area contributed by atoms with Crippen LogP contribution < -0.4 is 15.8 Å². The lowest BCUT2D eigenvalue weighted by molar-refractivity contribution is -0.274. The summed E-state index contributed by atoms with van der Waals surface area (Å²) in [6.45, 7) is 0. The van der Waals surface area contributed by atoms with Crippen molar-refractivity contribution in [2.45, 2.75) is 6.36 Å². The predicted octanol–water partition coefficient (Wildman–Crippen LogP) is 3.88. The van der Waals surface area contributed by atoms with Gasteiger partial charge in [0.05, 0.1) is 23.8 Å². The molecule has 138 valence electrons. The van der Waals surface area contributed by atoms with Gasteiger partial charge in [-0.1, -0.05) is 30.3 Å². The fraction of sp³-hybridized carbons (Fsp3) is 0.0556. The number of anilines is 2. The number of nitrogens with two attached hydrogens (primary N) is 1. The van der Waals surface area contributed by atoms with Crippen LogP contribution in [0.3, 0.4) is 0 Å². The van der Waals surface area contributed by atoms with Gasteiger partial charge in [-0.15, -0.1) is 13.2 Å². The number of carbonyl (C=O) groups excluding carboxylic acids is 1. The number of carbonyl (C=O) groups is 1. The molecule has 6 nitrogen and oxygen atoms in total. The lowest BCUT2D eigenvalue weighted by Gasteiger charge is -2.12. The number of nitrogens with one attached hydrogen (secondary N) is 1. The minimum atomic E-state index is -4.87. The number of benzene rings is 2. The van der Waals surface area contributed by atoms with Crippen molar-refractivity contribution in [2.75, 3.05) is 11.1 Å². The van der Waals surface area contributed by atoms with Gasteiger partial charge >= 0.3 is 6.36 Å². The van der Waals surface area contributed by atoms with Crippen LogP contribution in [-0.4, -0.2) is 22.2 Å². The number of rotatable bonds is 4. The molecule has 0 radical (unpaired) electrons. The molecule has 0 saturated heterocycles. The summed E-state index contributed by atoms with van der Waals surface area (Å²) in [5, 5.41) is 2.50. The Hall–Kier alpha value is -3.62. The van der Waals surface area contributed by atoms with E-state index < -0.39 is 18.0 Å². The standard InChI is InChI=1S/C18H13F3N4O2/c19-18(20,21)27-15-7-6-12(8-13(15)22)17(26)25-16-10-23-14(9-24-16)11-4-2-1-3-5-11/h1-10H,22H2,(H,24,25,26). The molecule has 1 aromatic heterocycles. The van der Waals surface area contributed by atoms with E-state index in [1.807, 2.05) is 30.3 Å². The van der Waals surface area contributed by atoms with Crippen molar-refractivity contribution in [1.29, 1.82) is 0 Å². The second-order valence-electron chi connectivity index (χ2n) is 5.41. The van der Waals surface area contributed by atoms with Crippen LogP contribution in [0.4, 0.5) is 24.7 Å². The third kappa shape index (κ3) is 4.72. The van der Waals surface area contributed by atoms with Crippen LogP contribution >= 0.6 is 0 Å². The number of halogens is 3. The molecule has 3 rings (SSSR count). The number of hydrogen-bond acceptors (Lipinski definition) is 5. The first-order valence-electron chi connectivity index (χ1n) is 7.66. The fourth-order valence-corrected chi connectivity index (χ4v) is 2.25. The minimum Gasteiger partial charge on any atom is -0.404 e. The smallest absolute Gasteiger partial charge is 0.404 e. The zero-order chi connectivity index (χ0) is 19.4. The first-order chi connectivity index (χ1) is 12.8. The van der Waals surface area contributed by atoms with Gasteiger partial charge in [0, 0.05) is 11.1 Å². The first-order valence-corrected chi connectivity index (χ1v) is 7.66. The summed E-state index contributed by atoms with van der Waals surface area (Å²) in [6.07, 6.45) is -1.99. The molecule has 0 aliphatic heterocycles. The molecule has 2 aromatic carbocycles. The van der Waals surface area contributed by atoms with Crippen LogP contribution in [0.15, 0.2) is 60.9 Å². The molecule has 0 fully saturated rings. The third-order valence-electron chi connectivity index (χ3n) is 3.46. The van der Waals surface area contributed by atoms with Gasteiger partial charge in [-0.2, -0.15) is 0 Å². The third-order valence-corrected chi connectivity index (χ3v) is 3.46. The Morgan fingerprint density at radius 3 is 2.37 bits per heavy atom. The van der Waals surface area contributed by atoms with Gasteiger partial charge < -0.3 is 15.8 Å². The molecule has 0 aliphatic rings. The normalized spacial score (nSPS) is 11.1. The number of nitrogen functional groups attached to an aromatic ring is 1. The van der Waals surface area contributed by atoms with Gasteiger partial charge in [-0.3, -0.25) is 9.78 Å². The maximum absolute atomic E-state index is 12.3. The number of aromatic nitrogens is 2. The van der Waals surface area contributed by atoms with Crippen LogP contribution in [0.2, 0.25) is 0 Å². The lowest BCUT2D eigenvalue weighted by atomic mass is 10.1. The van der Waals surface area contributed by atoms with Gasteiger partial charge in [0.1, 0.15) is 0 Å². The molecule has 1 heterocycles. The Morgan fingerprint density at radius 2 is 1.78 bits per heavy atom. The monoisotopic (exact) mass is 374 g/mol. The Labute approximate surface area is 151 Å². The summed E-state index contributed by atoms with van der Waals surface area (Å²) in [5.41, 5.74) is 6.75. The van der Waals surface area contributed by atoms with E-state index in [2.05, 4.69) is 20.0 Å². The van der Waals surface area contributed by atoms with Gasteiger partial charge in [-0.25, -0.2) is 4.98 Å². The molecule has 3 aromatic rings. The molecule has 0 aliphatic carbocycles. The molecular formula is C18H13F3N4O2. The zero-order valence-electron chi connectivity index (χ0n) is 13.7. The second-order valence-corrected chi connectivity index (χ2v) is 5.41. The van der Waals surface area contributed by atoms with E-state index in [-0.39, 0.29) is 17.1 Å². The van der Waals surface area contributed by atoms with Crippen LogP contribution in [0.1, 0.15) is 10.4 Å². The van der Waals surface area contributed by atoms with Crippen LogP contribution in [0, 0.1) is 0 Å². The maximum Gasteiger partial charge on any atom is 0.573 e. The van der Waals surface area contributed by atoms with E-state index in [1.165, 1.54) is 18.5 Å². The molecule has 1 amide bonds. The predicted molar refractivity (Wildman–Crippen MR) is 93.0 cm³/mol. The number of alkyl halides is 3. The van der Waals surface area contributed by atoms with E-state index >= 15 is 0 Å². The summed E-state index contributed by atoms with van der Waals surface area (Å²) in [5.74, 6) is -0.984. The summed E-state index contributed by atoms with van der Waals surface area (Å²) in [6, 6.07) is 12.6. The second kappa shape index (κ2) is 7.32. The summed E-state index contributed by atoms with van der Waals surface area (Å²) in [7, 11) is 0. The largest absolute Gasteiger partial charge is 0.573 e. The average Bonchev–Trinajstić information content (AvgIpc) is 2.63. The SMILES string of the molecule is Nc1cc(C(=O)Nc2cnc(-c3ccccc3)cn2)ccc1OC(F)(F)F. The molecule has 0 spiro atoms. The van der Waals surface area contributed by atoms with E-state index in [0.717, 1.165) is 17.7 Å². The maximum atomic E-state index is 12.3. The Kier molecular flexibility index (Phi) is 4.93. The topological polar surface area (TPSA) is 90.1 Å². The van der Waals surface area contributed by atoms with Crippen LogP contribution in [-0.2, 0) is 0 Å². The Bertz CT molecular complexity index is 945. The molecule has 0 saturated carbocycles. The van der Waals surface area contributed by atoms with Crippen molar-refractivity contribution in [3.8, 4) is 17.0 Å². The summed E-state index contributed by atoms with van der Waals surface area (Å²) in [4.78, 5) is 20.6. The van der Waals surface area contributed by atoms with E-state index in [0.29, 0.717) is 5.69 Å². The number of ether oxygens (including phenoxy) is 1. The molecule has 27 heavy (non-hydrogen) atoms. The molecular weight excluding hydrogens is 361 g/mol. The van der Waals surface area contributed by atoms with E-state index in [9.17, 15) is 18.0 Å². The van der Waals surface area contributed by atoms with Crippen molar-refractivity contribution in [3.05, 3.63) is 66.5 Å². The lowest BCUT2D eigenvalue weighted by Crippen LogP contribution is -2.18. The number of hydrogen-bond donors (Lipinski definition) is 2. The first kappa shape index (κ1) is 18.2. The van der Waals surface area contributed by atoms with Gasteiger partial charge in [0.2, 0.25) is 0 Å². The Balaban J connectivity index is 1.71. The highest BCUT2D eigenvalue weighted by atomic mass is 19.4. The van der Waals surface area contributed by atoms with Gasteiger partial charge in [0.15, 0.2) is 11.6 Å².